The number of pyridine rings is 1. The van der Waals surface area contributed by atoms with Crippen molar-refractivity contribution in [3.63, 3.8) is 0 Å². The zero-order valence-electron chi connectivity index (χ0n) is 13.1. The Labute approximate surface area is 146 Å². The van der Waals surface area contributed by atoms with E-state index in [0.29, 0.717) is 22.7 Å². The molecule has 6 nitrogen and oxygen atoms in total. The summed E-state index contributed by atoms with van der Waals surface area (Å²) in [6.45, 7) is 1.78. The third-order valence-corrected chi connectivity index (χ3v) is 4.54. The van der Waals surface area contributed by atoms with Crippen LogP contribution in [0.4, 0.5) is 10.5 Å². The van der Waals surface area contributed by atoms with Gasteiger partial charge in [-0.05, 0) is 24.6 Å². The number of benzene rings is 1. The third-order valence-electron chi connectivity index (χ3n) is 3.82. The molecule has 0 aliphatic carbocycles. The first-order chi connectivity index (χ1) is 11.5. The van der Waals surface area contributed by atoms with Crippen LogP contribution in [-0.2, 0) is 9.47 Å². The number of aromatic nitrogens is 1. The maximum Gasteiger partial charge on any atom is 0.513 e. The van der Waals surface area contributed by atoms with Crippen LogP contribution in [0.25, 0.3) is 0 Å². The maximum atomic E-state index is 12.5. The van der Waals surface area contributed by atoms with Crippen LogP contribution < -0.4 is 10.9 Å². The van der Waals surface area contributed by atoms with Gasteiger partial charge in [-0.25, -0.2) is 4.79 Å². The number of H-pyrrole nitrogens is 1. The monoisotopic (exact) mass is 390 g/mol. The number of allylic oxidation sites excluding steroid dienone is 2. The minimum Gasteiger partial charge on any atom is -0.437 e. The van der Waals surface area contributed by atoms with Crippen molar-refractivity contribution in [3.8, 4) is 0 Å². The van der Waals surface area contributed by atoms with Gasteiger partial charge in [0.25, 0.3) is 5.56 Å². The Kier molecular flexibility index (Phi) is 4.44. The largest absolute Gasteiger partial charge is 0.513 e. The molecule has 1 aromatic heterocycles. The number of methoxy groups -OCH3 is 1. The summed E-state index contributed by atoms with van der Waals surface area (Å²) in [6.07, 6.45) is 0.740. The molecule has 0 fully saturated rings. The summed E-state index contributed by atoms with van der Waals surface area (Å²) >= 11 is 3.51. The second-order valence-corrected chi connectivity index (χ2v) is 6.11. The van der Waals surface area contributed by atoms with Crippen LogP contribution in [0.1, 0.15) is 24.0 Å². The molecule has 2 aromatic rings. The van der Waals surface area contributed by atoms with Crippen molar-refractivity contribution >= 4 is 27.8 Å². The van der Waals surface area contributed by atoms with Gasteiger partial charge in [0.15, 0.2) is 0 Å². The van der Waals surface area contributed by atoms with E-state index in [-0.39, 0.29) is 5.56 Å². The van der Waals surface area contributed by atoms with Gasteiger partial charge in [0.2, 0.25) is 0 Å². The van der Waals surface area contributed by atoms with Gasteiger partial charge in [-0.1, -0.05) is 34.1 Å². The smallest absolute Gasteiger partial charge is 0.437 e. The third kappa shape index (κ3) is 2.82. The number of aromatic amines is 1. The van der Waals surface area contributed by atoms with Crippen molar-refractivity contribution in [2.75, 3.05) is 12.4 Å². The van der Waals surface area contributed by atoms with Crippen LogP contribution in [0, 0.1) is 0 Å². The highest BCUT2D eigenvalue weighted by molar-refractivity contribution is 9.10. The van der Waals surface area contributed by atoms with Crippen molar-refractivity contribution < 1.29 is 14.3 Å². The fraction of sp³-hybridized carbons (Fsp3) is 0.176. The van der Waals surface area contributed by atoms with Crippen LogP contribution in [0.2, 0.25) is 0 Å². The zero-order valence-corrected chi connectivity index (χ0v) is 14.6. The predicted octanol–water partition coefficient (Wildman–Crippen LogP) is 3.71. The van der Waals surface area contributed by atoms with E-state index in [9.17, 15) is 9.59 Å². The van der Waals surface area contributed by atoms with Crippen molar-refractivity contribution in [1.82, 2.24) is 4.98 Å². The first-order valence-corrected chi connectivity index (χ1v) is 8.01. The number of rotatable bonds is 2. The fourth-order valence-electron chi connectivity index (χ4n) is 2.77. The topological polar surface area (TPSA) is 80.4 Å². The Morgan fingerprint density at radius 3 is 2.71 bits per heavy atom. The van der Waals surface area contributed by atoms with Crippen molar-refractivity contribution in [1.29, 1.82) is 0 Å². The summed E-state index contributed by atoms with van der Waals surface area (Å²) in [7, 11) is 1.24. The van der Waals surface area contributed by atoms with Crippen LogP contribution >= 0.6 is 15.9 Å². The molecule has 7 heteroatoms. The average Bonchev–Trinajstić information content (AvgIpc) is 2.56. The van der Waals surface area contributed by atoms with E-state index >= 15 is 0 Å². The van der Waals surface area contributed by atoms with Crippen LogP contribution in [0.5, 0.6) is 0 Å². The van der Waals surface area contributed by atoms with Crippen LogP contribution in [0.15, 0.2) is 57.3 Å². The molecule has 0 bridgehead atoms. The summed E-state index contributed by atoms with van der Waals surface area (Å²) in [5.41, 5.74) is 2.36. The Morgan fingerprint density at radius 2 is 2.00 bits per heavy atom. The number of ether oxygens (including phenoxy) is 2. The molecule has 2 heterocycles. The minimum absolute atomic E-state index is 0.251. The lowest BCUT2D eigenvalue weighted by molar-refractivity contribution is 0.0928. The summed E-state index contributed by atoms with van der Waals surface area (Å²) in [4.78, 5) is 26.8. The molecule has 1 aliphatic heterocycles. The molecule has 24 heavy (non-hydrogen) atoms. The quantitative estimate of drug-likeness (QED) is 0.763. The Morgan fingerprint density at radius 1 is 1.25 bits per heavy atom. The minimum atomic E-state index is -0.834. The van der Waals surface area contributed by atoms with E-state index in [0.717, 1.165) is 10.0 Å². The highest BCUT2D eigenvalue weighted by atomic mass is 79.9. The number of nitrogens with one attached hydrogen (secondary N) is 2. The molecular formula is C17H15BrN2O4. The van der Waals surface area contributed by atoms with Crippen molar-refractivity contribution in [2.45, 2.75) is 12.8 Å². The number of anilines is 1. The van der Waals surface area contributed by atoms with E-state index < -0.39 is 12.1 Å². The number of hydrogen-bond acceptors (Lipinski definition) is 5. The lowest BCUT2D eigenvalue weighted by Gasteiger charge is -2.29. The lowest BCUT2D eigenvalue weighted by atomic mass is 9.86. The molecule has 1 aliphatic rings. The van der Waals surface area contributed by atoms with E-state index in [1.165, 1.54) is 7.11 Å². The van der Waals surface area contributed by atoms with Gasteiger partial charge in [-0.3, -0.25) is 4.79 Å². The van der Waals surface area contributed by atoms with Gasteiger partial charge in [0.05, 0.1) is 24.3 Å². The summed E-state index contributed by atoms with van der Waals surface area (Å²) < 4.78 is 10.8. The first-order valence-electron chi connectivity index (χ1n) is 7.22. The van der Waals surface area contributed by atoms with Gasteiger partial charge in [-0.15, -0.1) is 0 Å². The van der Waals surface area contributed by atoms with Gasteiger partial charge in [0, 0.05) is 16.4 Å². The van der Waals surface area contributed by atoms with Crippen LogP contribution in [0.3, 0.4) is 0 Å². The Balaban J connectivity index is 2.24. The number of fused-ring (bicyclic) bond motifs is 1. The number of hydrogen-bond donors (Lipinski definition) is 2. The number of halogens is 1. The van der Waals surface area contributed by atoms with Gasteiger partial charge in [-0.2, -0.15) is 0 Å². The number of carbonyl (C=O) groups is 1. The molecule has 0 saturated carbocycles. The standard InChI is InChI=1S/C17H15BrN2O4/c1-9-15(24-17(22)23-2)13(10-5-3-4-6-11(10)18)14-12(20-9)7-8-19-16(14)21/h3-8,13,20H,1-2H3,(H,19,21). The predicted molar refractivity (Wildman–Crippen MR) is 92.9 cm³/mol. The highest BCUT2D eigenvalue weighted by Crippen LogP contribution is 2.42. The normalized spacial score (nSPS) is 16.2. The molecule has 1 aromatic carbocycles. The van der Waals surface area contributed by atoms with Gasteiger partial charge < -0.3 is 19.8 Å². The SMILES string of the molecule is COC(=O)OC1=C(C)Nc2cc[nH]c(=O)c2C1c1ccccc1Br. The zero-order chi connectivity index (χ0) is 17.3. The Hall–Kier alpha value is -2.54. The second-order valence-electron chi connectivity index (χ2n) is 5.26. The molecule has 124 valence electrons. The lowest BCUT2D eigenvalue weighted by Crippen LogP contribution is -2.28. The van der Waals surface area contributed by atoms with E-state index in [4.69, 9.17) is 4.74 Å². The van der Waals surface area contributed by atoms with Crippen molar-refractivity contribution in [2.24, 2.45) is 0 Å². The summed E-state index contributed by atoms with van der Waals surface area (Å²) in [6, 6.07) is 9.27. The number of carbonyl (C=O) groups excluding carboxylic acids is 1. The molecule has 3 rings (SSSR count). The van der Waals surface area contributed by atoms with Crippen LogP contribution in [-0.4, -0.2) is 18.2 Å². The average molecular weight is 391 g/mol. The van der Waals surface area contributed by atoms with E-state index in [1.54, 1.807) is 19.2 Å². The van der Waals surface area contributed by atoms with Gasteiger partial charge in [0.1, 0.15) is 5.76 Å². The maximum absolute atomic E-state index is 12.5. The molecular weight excluding hydrogens is 376 g/mol. The summed E-state index contributed by atoms with van der Waals surface area (Å²) in [5.74, 6) is -0.209. The molecule has 0 radical (unpaired) electrons. The molecule has 0 amide bonds. The first kappa shape index (κ1) is 16.3. The Bertz CT molecular complexity index is 888. The molecule has 1 atom stereocenters. The van der Waals surface area contributed by atoms with Gasteiger partial charge >= 0.3 is 6.16 Å². The molecule has 1 unspecified atom stereocenters. The fourth-order valence-corrected chi connectivity index (χ4v) is 3.28. The molecule has 0 spiro atoms. The summed E-state index contributed by atoms with van der Waals surface area (Å²) in [5, 5.41) is 3.11. The second kappa shape index (κ2) is 6.52. The molecule has 0 saturated heterocycles. The van der Waals surface area contributed by atoms with Crippen molar-refractivity contribution in [3.05, 3.63) is 73.9 Å². The van der Waals surface area contributed by atoms with E-state index in [1.807, 2.05) is 24.3 Å². The van der Waals surface area contributed by atoms with E-state index in [2.05, 4.69) is 31.0 Å². The highest BCUT2D eigenvalue weighted by Gasteiger charge is 2.34. The molecule has 2 N–H and O–H groups in total.